The van der Waals surface area contributed by atoms with Crippen LogP contribution in [0.25, 0.3) is 0 Å². The summed E-state index contributed by atoms with van der Waals surface area (Å²) in [7, 11) is -3.49. The van der Waals surface area contributed by atoms with Gasteiger partial charge in [-0.2, -0.15) is 0 Å². The zero-order valence-corrected chi connectivity index (χ0v) is 14.2. The average molecular weight is 354 g/mol. The molecule has 8 nitrogen and oxygen atoms in total. The van der Waals surface area contributed by atoms with Crippen LogP contribution >= 0.6 is 0 Å². The van der Waals surface area contributed by atoms with Gasteiger partial charge in [-0.15, -0.1) is 0 Å². The average Bonchev–Trinajstić information content (AvgIpc) is 2.42. The summed E-state index contributed by atoms with van der Waals surface area (Å²) in [4.78, 5) is 23.3. The Kier molecular flexibility index (Phi) is 6.24. The van der Waals surface area contributed by atoms with E-state index in [1.807, 2.05) is 0 Å². The van der Waals surface area contributed by atoms with Crippen molar-refractivity contribution in [1.29, 1.82) is 5.41 Å². The minimum Gasteiger partial charge on any atom is -0.508 e. The van der Waals surface area contributed by atoms with E-state index < -0.39 is 34.1 Å². The summed E-state index contributed by atoms with van der Waals surface area (Å²) in [6.07, 6.45) is 0.976. The van der Waals surface area contributed by atoms with Crippen LogP contribution < -0.4 is 4.72 Å². The minimum absolute atomic E-state index is 0.0624. The summed E-state index contributed by atoms with van der Waals surface area (Å²) in [5.74, 6) is -1.85. The molecule has 0 radical (unpaired) electrons. The van der Waals surface area contributed by atoms with E-state index in [2.05, 4.69) is 4.72 Å². The molecule has 1 aromatic carbocycles. The number of Topliss-reactive ketones (excluding diaryl/α,β-unsaturated/α-hetero) is 1. The number of sulfonamides is 1. The van der Waals surface area contributed by atoms with Crippen molar-refractivity contribution < 1.29 is 27.9 Å². The van der Waals surface area contributed by atoms with Crippen molar-refractivity contribution in [3.05, 3.63) is 41.2 Å². The third-order valence-corrected chi connectivity index (χ3v) is 3.36. The summed E-state index contributed by atoms with van der Waals surface area (Å²) < 4.78 is 29.5. The van der Waals surface area contributed by atoms with Crippen molar-refractivity contribution in [1.82, 2.24) is 0 Å². The van der Waals surface area contributed by atoms with Crippen molar-refractivity contribution in [2.45, 2.75) is 13.8 Å². The second kappa shape index (κ2) is 7.73. The fourth-order valence-electron chi connectivity index (χ4n) is 1.90. The van der Waals surface area contributed by atoms with E-state index in [0.717, 1.165) is 6.26 Å². The highest BCUT2D eigenvalue weighted by molar-refractivity contribution is 7.92. The zero-order valence-electron chi connectivity index (χ0n) is 13.4. The lowest BCUT2D eigenvalue weighted by Gasteiger charge is -2.09. The van der Waals surface area contributed by atoms with Gasteiger partial charge in [-0.05, 0) is 32.0 Å². The van der Waals surface area contributed by atoms with Crippen LogP contribution in [0, 0.1) is 5.41 Å². The first-order valence-corrected chi connectivity index (χ1v) is 8.64. The highest BCUT2D eigenvalue weighted by atomic mass is 32.2. The summed E-state index contributed by atoms with van der Waals surface area (Å²) in [5.41, 5.74) is -0.107. The molecule has 24 heavy (non-hydrogen) atoms. The lowest BCUT2D eigenvalue weighted by molar-refractivity contribution is -0.113. The predicted molar refractivity (Wildman–Crippen MR) is 88.9 cm³/mol. The van der Waals surface area contributed by atoms with Gasteiger partial charge in [0.05, 0.1) is 17.4 Å². The Morgan fingerprint density at radius 2 is 1.92 bits per heavy atom. The van der Waals surface area contributed by atoms with Gasteiger partial charge in [0.1, 0.15) is 12.4 Å². The summed E-state index contributed by atoms with van der Waals surface area (Å²) in [6.45, 7) is 1.94. The van der Waals surface area contributed by atoms with Crippen LogP contribution in [0.3, 0.4) is 0 Å². The van der Waals surface area contributed by atoms with Crippen LogP contribution in [0.4, 0.5) is 5.69 Å². The maximum Gasteiger partial charge on any atom is 0.338 e. The highest BCUT2D eigenvalue weighted by Gasteiger charge is 2.16. The van der Waals surface area contributed by atoms with Crippen LogP contribution in [0.15, 0.2) is 35.6 Å². The van der Waals surface area contributed by atoms with E-state index in [1.165, 1.54) is 38.1 Å². The molecule has 0 fully saturated rings. The number of hydrogen-bond donors (Lipinski definition) is 3. The molecule has 9 heteroatoms. The molecule has 0 aliphatic rings. The molecule has 0 aliphatic heterocycles. The van der Waals surface area contributed by atoms with Gasteiger partial charge in [0.15, 0.2) is 5.78 Å². The number of hydrogen-bond acceptors (Lipinski definition) is 7. The molecule has 0 aliphatic carbocycles. The second-order valence-corrected chi connectivity index (χ2v) is 6.78. The molecule has 0 unspecified atom stereocenters. The van der Waals surface area contributed by atoms with E-state index in [0.29, 0.717) is 0 Å². The minimum atomic E-state index is -3.49. The molecule has 0 saturated heterocycles. The fourth-order valence-corrected chi connectivity index (χ4v) is 2.45. The largest absolute Gasteiger partial charge is 0.508 e. The number of aliphatic hydroxyl groups is 1. The molecule has 3 N–H and O–H groups in total. The summed E-state index contributed by atoms with van der Waals surface area (Å²) >= 11 is 0. The van der Waals surface area contributed by atoms with Crippen LogP contribution in [0.1, 0.15) is 24.2 Å². The van der Waals surface area contributed by atoms with Crippen molar-refractivity contribution in [3.8, 4) is 0 Å². The number of ether oxygens (including phenoxy) is 1. The quantitative estimate of drug-likeness (QED) is 0.295. The third kappa shape index (κ3) is 5.84. The number of benzene rings is 1. The molecule has 0 heterocycles. The molecule has 0 aromatic heterocycles. The number of aliphatic hydroxyl groups excluding tert-OH is 1. The number of allylic oxidation sites excluding steroid dienone is 1. The van der Waals surface area contributed by atoms with Crippen LogP contribution in [0.5, 0.6) is 0 Å². The van der Waals surface area contributed by atoms with E-state index in [1.54, 1.807) is 0 Å². The van der Waals surface area contributed by atoms with Gasteiger partial charge in [0.2, 0.25) is 10.0 Å². The van der Waals surface area contributed by atoms with Gasteiger partial charge in [0, 0.05) is 11.4 Å². The lowest BCUT2D eigenvalue weighted by atomic mass is 10.1. The first kappa shape index (κ1) is 19.4. The molecule has 0 saturated carbocycles. The fraction of sp³-hybridized carbons (Fsp3) is 0.267. The van der Waals surface area contributed by atoms with Gasteiger partial charge in [-0.1, -0.05) is 6.07 Å². The Labute approximate surface area is 139 Å². The number of rotatable bonds is 7. The van der Waals surface area contributed by atoms with E-state index in [4.69, 9.17) is 10.1 Å². The molecule has 0 amide bonds. The van der Waals surface area contributed by atoms with Crippen molar-refractivity contribution in [2.75, 3.05) is 17.6 Å². The molecular formula is C15H18N2O6S. The molecule has 1 rings (SSSR count). The second-order valence-electron chi connectivity index (χ2n) is 5.03. The van der Waals surface area contributed by atoms with Crippen molar-refractivity contribution in [2.24, 2.45) is 0 Å². The predicted octanol–water partition coefficient (Wildman–Crippen LogP) is 1.66. The number of ketones is 1. The molecule has 0 atom stereocenters. The van der Waals surface area contributed by atoms with Crippen LogP contribution in [-0.2, 0) is 19.6 Å². The van der Waals surface area contributed by atoms with E-state index in [9.17, 15) is 23.1 Å². The van der Waals surface area contributed by atoms with Gasteiger partial charge in [0.25, 0.3) is 0 Å². The maximum absolute atomic E-state index is 12.0. The highest BCUT2D eigenvalue weighted by Crippen LogP contribution is 2.14. The zero-order chi connectivity index (χ0) is 18.5. The number of nitrogens with one attached hydrogen (secondary N) is 2. The molecule has 0 spiro atoms. The normalized spacial score (nSPS) is 12.1. The first-order chi connectivity index (χ1) is 11.0. The van der Waals surface area contributed by atoms with E-state index in [-0.39, 0.29) is 22.5 Å². The molecule has 0 bridgehead atoms. The Hall–Kier alpha value is -2.68. The third-order valence-electron chi connectivity index (χ3n) is 2.76. The van der Waals surface area contributed by atoms with Gasteiger partial charge >= 0.3 is 5.97 Å². The number of carbonyl (C=O) groups is 2. The molecule has 1 aromatic rings. The summed E-state index contributed by atoms with van der Waals surface area (Å²) in [6, 6.07) is 5.60. The van der Waals surface area contributed by atoms with Gasteiger partial charge in [-0.3, -0.25) is 9.52 Å². The number of anilines is 1. The maximum atomic E-state index is 12.0. The topological polar surface area (TPSA) is 134 Å². The first-order valence-electron chi connectivity index (χ1n) is 6.75. The lowest BCUT2D eigenvalue weighted by Crippen LogP contribution is -2.15. The smallest absolute Gasteiger partial charge is 0.338 e. The Morgan fingerprint density at radius 3 is 2.42 bits per heavy atom. The van der Waals surface area contributed by atoms with Crippen molar-refractivity contribution in [3.63, 3.8) is 0 Å². The standard InChI is InChI=1S/C15H18N2O6S/c1-9(16)14(10(2)18)13(19)8-23-15(20)11-5-4-6-12(7-11)17-24(3,21)22/h4-7,16-17,19H,8H2,1-3H3/b14-13-,16-9?. The monoisotopic (exact) mass is 354 g/mol. The van der Waals surface area contributed by atoms with E-state index >= 15 is 0 Å². The number of esters is 1. The molecular weight excluding hydrogens is 336 g/mol. The van der Waals surface area contributed by atoms with Crippen LogP contribution in [0.2, 0.25) is 0 Å². The SMILES string of the molecule is CC(=N)/C(C(C)=O)=C(/O)COC(=O)c1cccc(NS(C)(=O)=O)c1. The van der Waals surface area contributed by atoms with Crippen molar-refractivity contribution >= 4 is 33.2 Å². The Balaban J connectivity index is 2.89. The van der Waals surface area contributed by atoms with Crippen LogP contribution in [-0.4, -0.2) is 43.9 Å². The Morgan fingerprint density at radius 1 is 1.29 bits per heavy atom. The van der Waals surface area contributed by atoms with Gasteiger partial charge in [-0.25, -0.2) is 13.2 Å². The Bertz CT molecular complexity index is 795. The molecule has 130 valence electrons. The number of carbonyl (C=O) groups excluding carboxylic acids is 2. The van der Waals surface area contributed by atoms with Gasteiger partial charge < -0.3 is 15.3 Å². The summed E-state index contributed by atoms with van der Waals surface area (Å²) in [5, 5.41) is 17.2.